The highest BCUT2D eigenvalue weighted by molar-refractivity contribution is 4.77. The van der Waals surface area contributed by atoms with Gasteiger partial charge < -0.3 is 0 Å². The van der Waals surface area contributed by atoms with Crippen molar-refractivity contribution in [2.75, 3.05) is 0 Å². The molecule has 0 bridgehead atoms. The summed E-state index contributed by atoms with van der Waals surface area (Å²) in [6, 6.07) is 0. The van der Waals surface area contributed by atoms with E-state index in [1.54, 1.807) is 0 Å². The van der Waals surface area contributed by atoms with Crippen molar-refractivity contribution in [2.45, 2.75) is 78.6 Å². The summed E-state index contributed by atoms with van der Waals surface area (Å²) in [5.74, 6) is 3.17. The van der Waals surface area contributed by atoms with Gasteiger partial charge in [0.05, 0.1) is 0 Å². The fourth-order valence-corrected chi connectivity index (χ4v) is 3.29. The van der Waals surface area contributed by atoms with Crippen molar-refractivity contribution in [1.29, 1.82) is 0 Å². The second-order valence-electron chi connectivity index (χ2n) is 5.62. The third kappa shape index (κ3) is 4.57. The van der Waals surface area contributed by atoms with E-state index in [0.717, 1.165) is 17.8 Å². The van der Waals surface area contributed by atoms with Crippen LogP contribution >= 0.6 is 0 Å². The minimum atomic E-state index is 1.05. The van der Waals surface area contributed by atoms with Crippen LogP contribution in [-0.2, 0) is 0 Å². The molecule has 0 amide bonds. The van der Waals surface area contributed by atoms with Gasteiger partial charge in [0.15, 0.2) is 0 Å². The summed E-state index contributed by atoms with van der Waals surface area (Å²) in [6.07, 6.45) is 13.3. The number of unbranched alkanes of at least 4 members (excludes halogenated alkanes) is 2. The highest BCUT2D eigenvalue weighted by Crippen LogP contribution is 2.38. The number of rotatable bonds is 6. The molecule has 1 aliphatic carbocycles. The molecular formula is C15H30. The summed E-state index contributed by atoms with van der Waals surface area (Å²) < 4.78 is 0. The molecule has 0 aromatic carbocycles. The van der Waals surface area contributed by atoms with Crippen LogP contribution in [-0.4, -0.2) is 0 Å². The van der Waals surface area contributed by atoms with Gasteiger partial charge in [0.1, 0.15) is 0 Å². The lowest BCUT2D eigenvalue weighted by Crippen LogP contribution is -2.22. The van der Waals surface area contributed by atoms with Gasteiger partial charge >= 0.3 is 0 Å². The Balaban J connectivity index is 2.29. The Hall–Kier alpha value is 0. The Kier molecular flexibility index (Phi) is 6.36. The molecule has 1 saturated carbocycles. The maximum Gasteiger partial charge on any atom is -0.0409 e. The Morgan fingerprint density at radius 2 is 1.27 bits per heavy atom. The zero-order valence-corrected chi connectivity index (χ0v) is 11.1. The van der Waals surface area contributed by atoms with Crippen LogP contribution in [0.1, 0.15) is 78.6 Å². The van der Waals surface area contributed by atoms with E-state index < -0.39 is 0 Å². The van der Waals surface area contributed by atoms with Crippen LogP contribution in [0.15, 0.2) is 0 Å². The lowest BCUT2D eigenvalue weighted by atomic mass is 9.72. The van der Waals surface area contributed by atoms with E-state index in [0.29, 0.717) is 0 Å². The largest absolute Gasteiger partial charge is 0.0654 e. The van der Waals surface area contributed by atoms with E-state index in [1.165, 1.54) is 57.8 Å². The lowest BCUT2D eigenvalue weighted by molar-refractivity contribution is 0.176. The summed E-state index contributed by atoms with van der Waals surface area (Å²) in [7, 11) is 0. The molecule has 0 nitrogen and oxygen atoms in total. The molecular weight excluding hydrogens is 180 g/mol. The highest BCUT2D eigenvalue weighted by atomic mass is 14.3. The Morgan fingerprint density at radius 3 is 1.73 bits per heavy atom. The van der Waals surface area contributed by atoms with Crippen LogP contribution in [0.2, 0.25) is 0 Å². The summed E-state index contributed by atoms with van der Waals surface area (Å²) >= 11 is 0. The summed E-state index contributed by atoms with van der Waals surface area (Å²) in [5.41, 5.74) is 0. The second kappa shape index (κ2) is 7.30. The monoisotopic (exact) mass is 210 g/mol. The first-order valence-electron chi connectivity index (χ1n) is 7.30. The van der Waals surface area contributed by atoms with Gasteiger partial charge in [-0.15, -0.1) is 0 Å². The minimum Gasteiger partial charge on any atom is -0.0654 e. The molecule has 1 fully saturated rings. The molecule has 0 heteroatoms. The van der Waals surface area contributed by atoms with Crippen LogP contribution in [0.5, 0.6) is 0 Å². The molecule has 0 saturated heterocycles. The third-order valence-electron chi connectivity index (χ3n) is 4.37. The van der Waals surface area contributed by atoms with E-state index in [9.17, 15) is 0 Å². The number of hydrogen-bond donors (Lipinski definition) is 0. The smallest absolute Gasteiger partial charge is 0.0409 e. The average Bonchev–Trinajstić information content (AvgIpc) is 2.29. The first kappa shape index (κ1) is 13.1. The molecule has 0 aromatic rings. The number of hydrogen-bond acceptors (Lipinski definition) is 0. The van der Waals surface area contributed by atoms with Crippen LogP contribution < -0.4 is 0 Å². The minimum absolute atomic E-state index is 1.05. The van der Waals surface area contributed by atoms with Gasteiger partial charge in [-0.25, -0.2) is 0 Å². The van der Waals surface area contributed by atoms with Crippen molar-refractivity contribution in [1.82, 2.24) is 0 Å². The van der Waals surface area contributed by atoms with Crippen molar-refractivity contribution >= 4 is 0 Å². The van der Waals surface area contributed by atoms with E-state index >= 15 is 0 Å². The normalized spacial score (nSPS) is 31.8. The first-order valence-corrected chi connectivity index (χ1v) is 7.30. The van der Waals surface area contributed by atoms with Gasteiger partial charge in [-0.05, 0) is 37.0 Å². The summed E-state index contributed by atoms with van der Waals surface area (Å²) in [5, 5.41) is 0. The predicted octanol–water partition coefficient (Wildman–Crippen LogP) is 5.42. The van der Waals surface area contributed by atoms with Gasteiger partial charge in [0.2, 0.25) is 0 Å². The van der Waals surface area contributed by atoms with Crippen LogP contribution in [0, 0.1) is 17.8 Å². The van der Waals surface area contributed by atoms with Gasteiger partial charge in [-0.3, -0.25) is 0 Å². The lowest BCUT2D eigenvalue weighted by Gasteiger charge is -2.34. The van der Waals surface area contributed by atoms with Crippen molar-refractivity contribution in [2.24, 2.45) is 17.8 Å². The molecule has 0 aromatic heterocycles. The molecule has 1 rings (SSSR count). The quantitative estimate of drug-likeness (QED) is 0.514. The maximum absolute atomic E-state index is 2.38. The fraction of sp³-hybridized carbons (Fsp3) is 1.00. The van der Waals surface area contributed by atoms with Crippen LogP contribution in [0.25, 0.3) is 0 Å². The zero-order chi connectivity index (χ0) is 11.1. The Labute approximate surface area is 96.8 Å². The molecule has 15 heavy (non-hydrogen) atoms. The molecule has 1 aliphatic rings. The predicted molar refractivity (Wildman–Crippen MR) is 69.0 cm³/mol. The molecule has 0 spiro atoms. The van der Waals surface area contributed by atoms with E-state index in [1.807, 2.05) is 0 Å². The second-order valence-corrected chi connectivity index (χ2v) is 5.62. The molecule has 2 atom stereocenters. The van der Waals surface area contributed by atoms with E-state index in [4.69, 9.17) is 0 Å². The van der Waals surface area contributed by atoms with Gasteiger partial charge in [-0.2, -0.15) is 0 Å². The van der Waals surface area contributed by atoms with Crippen molar-refractivity contribution in [3.63, 3.8) is 0 Å². The van der Waals surface area contributed by atoms with Gasteiger partial charge in [-0.1, -0.05) is 59.3 Å². The van der Waals surface area contributed by atoms with E-state index in [-0.39, 0.29) is 0 Å². The van der Waals surface area contributed by atoms with Crippen LogP contribution in [0.3, 0.4) is 0 Å². The standard InChI is InChI=1S/C15H30/c1-4-7-8-9-15-11-13(5-2)10-14(6-3)12-15/h13-15H,4-12H2,1-3H3. The Bertz CT molecular complexity index is 138. The molecule has 2 unspecified atom stereocenters. The first-order chi connectivity index (χ1) is 7.30. The van der Waals surface area contributed by atoms with Gasteiger partial charge in [0.25, 0.3) is 0 Å². The molecule has 0 heterocycles. The fourth-order valence-electron chi connectivity index (χ4n) is 3.29. The molecule has 0 radical (unpaired) electrons. The zero-order valence-electron chi connectivity index (χ0n) is 11.1. The summed E-state index contributed by atoms with van der Waals surface area (Å²) in [4.78, 5) is 0. The average molecular weight is 210 g/mol. The maximum atomic E-state index is 2.38. The molecule has 0 aliphatic heterocycles. The molecule has 90 valence electrons. The highest BCUT2D eigenvalue weighted by Gasteiger charge is 2.26. The topological polar surface area (TPSA) is 0 Å². The van der Waals surface area contributed by atoms with Crippen molar-refractivity contribution in [3.05, 3.63) is 0 Å². The van der Waals surface area contributed by atoms with Crippen molar-refractivity contribution in [3.8, 4) is 0 Å². The molecule has 0 N–H and O–H groups in total. The SMILES string of the molecule is CCCCCC1CC(CC)CC(CC)C1. The van der Waals surface area contributed by atoms with Crippen LogP contribution in [0.4, 0.5) is 0 Å². The third-order valence-corrected chi connectivity index (χ3v) is 4.37. The van der Waals surface area contributed by atoms with E-state index in [2.05, 4.69) is 20.8 Å². The Morgan fingerprint density at radius 1 is 0.733 bits per heavy atom. The van der Waals surface area contributed by atoms with Gasteiger partial charge in [0, 0.05) is 0 Å². The van der Waals surface area contributed by atoms with Crippen molar-refractivity contribution < 1.29 is 0 Å². The summed E-state index contributed by atoms with van der Waals surface area (Å²) in [6.45, 7) is 7.07.